The molecule has 3 heteroatoms. The van der Waals surface area contributed by atoms with Crippen molar-refractivity contribution in [2.75, 3.05) is 5.32 Å². The van der Waals surface area contributed by atoms with Crippen molar-refractivity contribution in [2.24, 2.45) is 0 Å². The highest BCUT2D eigenvalue weighted by atomic mass is 15.1. The molecule has 1 aromatic heterocycles. The normalized spacial score (nSPS) is 9.00. The minimum absolute atomic E-state index is 0.639. The quantitative estimate of drug-likeness (QED) is 0.637. The summed E-state index contributed by atoms with van der Waals surface area (Å²) in [5.74, 6) is 0.639. The lowest BCUT2D eigenvalue weighted by Crippen LogP contribution is -1.95. The molecule has 0 fully saturated rings. The first-order chi connectivity index (χ1) is 4.43. The van der Waals surface area contributed by atoms with Crippen LogP contribution in [0.2, 0.25) is 0 Å². The Balaban J connectivity index is 2.61. The van der Waals surface area contributed by atoms with Gasteiger partial charge in [0.05, 0.1) is 0 Å². The number of anilines is 1. The average molecular weight is 122 g/mol. The third-order valence-corrected chi connectivity index (χ3v) is 0.839. The fourth-order valence-electron chi connectivity index (χ4n) is 0.503. The summed E-state index contributed by atoms with van der Waals surface area (Å²) in [5, 5.41) is 2.86. The van der Waals surface area contributed by atoms with Crippen molar-refractivity contribution in [3.8, 4) is 0 Å². The molecular weight excluding hydrogens is 114 g/mol. The SMILES string of the molecule is C[CH]Nc1ncccn1. The molecule has 0 amide bonds. The van der Waals surface area contributed by atoms with Crippen molar-refractivity contribution in [1.82, 2.24) is 9.97 Å². The summed E-state index contributed by atoms with van der Waals surface area (Å²) in [6, 6.07) is 1.78. The summed E-state index contributed by atoms with van der Waals surface area (Å²) in [7, 11) is 0. The first-order valence-electron chi connectivity index (χ1n) is 2.75. The molecular formula is C6H8N3. The summed E-state index contributed by atoms with van der Waals surface area (Å²) in [6.07, 6.45) is 3.39. The van der Waals surface area contributed by atoms with Gasteiger partial charge in [-0.2, -0.15) is 0 Å². The Morgan fingerprint density at radius 2 is 2.11 bits per heavy atom. The van der Waals surface area contributed by atoms with E-state index in [0.29, 0.717) is 5.95 Å². The van der Waals surface area contributed by atoms with Gasteiger partial charge in [-0.05, 0) is 13.0 Å². The van der Waals surface area contributed by atoms with Gasteiger partial charge in [0, 0.05) is 18.9 Å². The molecule has 0 aliphatic heterocycles. The molecule has 0 aliphatic carbocycles. The van der Waals surface area contributed by atoms with Crippen molar-refractivity contribution in [3.63, 3.8) is 0 Å². The van der Waals surface area contributed by atoms with Gasteiger partial charge in [-0.3, -0.25) is 0 Å². The summed E-state index contributed by atoms with van der Waals surface area (Å²) in [4.78, 5) is 7.83. The third kappa shape index (κ3) is 1.68. The van der Waals surface area contributed by atoms with Crippen LogP contribution >= 0.6 is 0 Å². The van der Waals surface area contributed by atoms with Crippen LogP contribution in [0.3, 0.4) is 0 Å². The van der Waals surface area contributed by atoms with Crippen LogP contribution in [0.1, 0.15) is 6.92 Å². The van der Waals surface area contributed by atoms with Gasteiger partial charge in [0.1, 0.15) is 0 Å². The second-order valence-corrected chi connectivity index (χ2v) is 1.51. The topological polar surface area (TPSA) is 37.8 Å². The Morgan fingerprint density at radius 3 is 2.67 bits per heavy atom. The fourth-order valence-corrected chi connectivity index (χ4v) is 0.503. The molecule has 0 saturated heterocycles. The van der Waals surface area contributed by atoms with Crippen LogP contribution in [-0.4, -0.2) is 9.97 Å². The van der Waals surface area contributed by atoms with E-state index in [4.69, 9.17) is 0 Å². The van der Waals surface area contributed by atoms with Crippen LogP contribution in [0.25, 0.3) is 0 Å². The van der Waals surface area contributed by atoms with Crippen molar-refractivity contribution in [3.05, 3.63) is 25.0 Å². The van der Waals surface area contributed by atoms with Crippen LogP contribution in [0.5, 0.6) is 0 Å². The smallest absolute Gasteiger partial charge is 0.222 e. The van der Waals surface area contributed by atoms with Crippen molar-refractivity contribution < 1.29 is 0 Å². The molecule has 1 rings (SSSR count). The van der Waals surface area contributed by atoms with Crippen molar-refractivity contribution in [2.45, 2.75) is 6.92 Å². The molecule has 1 N–H and O–H groups in total. The predicted molar refractivity (Wildman–Crippen MR) is 35.6 cm³/mol. The van der Waals surface area contributed by atoms with Gasteiger partial charge >= 0.3 is 0 Å². The number of hydrogen-bond acceptors (Lipinski definition) is 3. The van der Waals surface area contributed by atoms with E-state index < -0.39 is 0 Å². The van der Waals surface area contributed by atoms with Gasteiger partial charge in [-0.1, -0.05) is 0 Å². The summed E-state index contributed by atoms with van der Waals surface area (Å²) >= 11 is 0. The summed E-state index contributed by atoms with van der Waals surface area (Å²) < 4.78 is 0. The maximum absolute atomic E-state index is 3.92. The van der Waals surface area contributed by atoms with Crippen LogP contribution < -0.4 is 5.32 Å². The zero-order chi connectivity index (χ0) is 6.53. The highest BCUT2D eigenvalue weighted by Gasteiger charge is 1.85. The van der Waals surface area contributed by atoms with Gasteiger partial charge in [0.25, 0.3) is 0 Å². The van der Waals surface area contributed by atoms with Crippen molar-refractivity contribution >= 4 is 5.95 Å². The van der Waals surface area contributed by atoms with E-state index >= 15 is 0 Å². The maximum atomic E-state index is 3.92. The maximum Gasteiger partial charge on any atom is 0.222 e. The van der Waals surface area contributed by atoms with E-state index in [1.54, 1.807) is 25.0 Å². The molecule has 0 saturated carbocycles. The molecule has 0 atom stereocenters. The second kappa shape index (κ2) is 3.02. The first-order valence-corrected chi connectivity index (χ1v) is 2.75. The highest BCUT2D eigenvalue weighted by molar-refractivity contribution is 5.23. The number of nitrogens with one attached hydrogen (secondary N) is 1. The average Bonchev–Trinajstić information content (AvgIpc) is 1.91. The lowest BCUT2D eigenvalue weighted by molar-refractivity contribution is 1.14. The van der Waals surface area contributed by atoms with Gasteiger partial charge in [-0.25, -0.2) is 9.97 Å². The van der Waals surface area contributed by atoms with Crippen LogP contribution in [0.15, 0.2) is 18.5 Å². The molecule has 0 bridgehead atoms. The van der Waals surface area contributed by atoms with Gasteiger partial charge in [0.15, 0.2) is 0 Å². The van der Waals surface area contributed by atoms with E-state index in [2.05, 4.69) is 15.3 Å². The molecule has 0 aliphatic rings. The number of hydrogen-bond donors (Lipinski definition) is 1. The van der Waals surface area contributed by atoms with Gasteiger partial charge in [0.2, 0.25) is 5.95 Å². The molecule has 0 aromatic carbocycles. The minimum atomic E-state index is 0.639. The number of nitrogens with zero attached hydrogens (tertiary/aromatic N) is 2. The largest absolute Gasteiger partial charge is 0.350 e. The number of rotatable bonds is 2. The lowest BCUT2D eigenvalue weighted by atomic mass is 10.6. The van der Waals surface area contributed by atoms with Crippen molar-refractivity contribution in [1.29, 1.82) is 0 Å². The van der Waals surface area contributed by atoms with E-state index in [9.17, 15) is 0 Å². The molecule has 3 nitrogen and oxygen atoms in total. The predicted octanol–water partition coefficient (Wildman–Crippen LogP) is 1.07. The summed E-state index contributed by atoms with van der Waals surface area (Å²) in [5.41, 5.74) is 0. The Bertz CT molecular complexity index is 161. The van der Waals surface area contributed by atoms with E-state index in [1.807, 2.05) is 6.92 Å². The molecule has 1 heterocycles. The minimum Gasteiger partial charge on any atom is -0.350 e. The van der Waals surface area contributed by atoms with E-state index in [1.165, 1.54) is 0 Å². The first kappa shape index (κ1) is 6.01. The Hall–Kier alpha value is -1.12. The van der Waals surface area contributed by atoms with E-state index in [0.717, 1.165) is 0 Å². The monoisotopic (exact) mass is 122 g/mol. The van der Waals surface area contributed by atoms with E-state index in [-0.39, 0.29) is 0 Å². The van der Waals surface area contributed by atoms with Crippen LogP contribution in [-0.2, 0) is 0 Å². The standard InChI is InChI=1S/C6H8N3/c1-2-7-6-8-4-3-5-9-6/h2-5H,1H3,(H,7,8,9). The molecule has 0 unspecified atom stereocenters. The number of aromatic nitrogens is 2. The fraction of sp³-hybridized carbons (Fsp3) is 0.167. The molecule has 1 radical (unpaired) electrons. The zero-order valence-electron chi connectivity index (χ0n) is 5.20. The molecule has 0 spiro atoms. The van der Waals surface area contributed by atoms with Crippen LogP contribution in [0.4, 0.5) is 5.95 Å². The third-order valence-electron chi connectivity index (χ3n) is 0.839. The van der Waals surface area contributed by atoms with Gasteiger partial charge < -0.3 is 5.32 Å². The molecule has 9 heavy (non-hydrogen) atoms. The van der Waals surface area contributed by atoms with Crippen LogP contribution in [0, 0.1) is 6.54 Å². The molecule has 1 aromatic rings. The highest BCUT2D eigenvalue weighted by Crippen LogP contribution is 1.92. The Labute approximate surface area is 54.2 Å². The second-order valence-electron chi connectivity index (χ2n) is 1.51. The summed E-state index contributed by atoms with van der Waals surface area (Å²) in [6.45, 7) is 3.67. The Kier molecular flexibility index (Phi) is 2.01. The lowest BCUT2D eigenvalue weighted by Gasteiger charge is -1.95. The van der Waals surface area contributed by atoms with Gasteiger partial charge in [-0.15, -0.1) is 0 Å². The molecule has 47 valence electrons. The zero-order valence-corrected chi connectivity index (χ0v) is 5.20. The Morgan fingerprint density at radius 1 is 1.44 bits per heavy atom.